The zero-order valence-electron chi connectivity index (χ0n) is 65.7. The molecule has 0 aromatic heterocycles. The van der Waals surface area contributed by atoms with Gasteiger partial charge < -0.3 is 25.2 Å². The van der Waals surface area contributed by atoms with E-state index in [0.29, 0.717) is 90.5 Å². The van der Waals surface area contributed by atoms with Gasteiger partial charge in [0, 0.05) is 29.2 Å². The van der Waals surface area contributed by atoms with Crippen LogP contribution in [-0.2, 0) is 84.8 Å². The number of ether oxygens (including phenoxy) is 1. The highest BCUT2D eigenvalue weighted by atomic mass is 35.5. The first-order valence-electron chi connectivity index (χ1n) is 37.6. The minimum Gasteiger partial charge on any atom is -0.495 e. The predicted octanol–water partition coefficient (Wildman–Crippen LogP) is 19.4. The van der Waals surface area contributed by atoms with E-state index in [2.05, 4.69) is 0 Å². The van der Waals surface area contributed by atoms with Gasteiger partial charge in [0.2, 0.25) is 0 Å². The molecule has 4 aliphatic carbocycles. The van der Waals surface area contributed by atoms with Crippen molar-refractivity contribution in [1.29, 1.82) is 10.5 Å². The fourth-order valence-electron chi connectivity index (χ4n) is 14.0. The third-order valence-electron chi connectivity index (χ3n) is 20.4. The zero-order chi connectivity index (χ0) is 90.3. The topological polar surface area (TPSA) is 377 Å². The van der Waals surface area contributed by atoms with Gasteiger partial charge in [-0.3, -0.25) is 0 Å². The molecule has 10 aromatic rings. The number of aromatic carboxylic acids is 4. The number of aryl methyl sites for hydroxylation is 1. The molecule has 33 heteroatoms. The summed E-state index contributed by atoms with van der Waals surface area (Å²) in [6.45, 7) is 1.81. The molecular weight excluding hydrogens is 1750 g/mol. The van der Waals surface area contributed by atoms with Crippen molar-refractivity contribution in [3.63, 3.8) is 0 Å². The third kappa shape index (κ3) is 22.6. The molecular formula is C91H73Cl2F5N2O19S5. The van der Waals surface area contributed by atoms with Gasteiger partial charge in [-0.2, -0.15) is 23.7 Å². The van der Waals surface area contributed by atoms with E-state index < -0.39 is 114 Å². The van der Waals surface area contributed by atoms with Crippen LogP contribution < -0.4 is 4.74 Å². The summed E-state index contributed by atoms with van der Waals surface area (Å²) in [6.07, 6.45) is 7.99. The van der Waals surface area contributed by atoms with Crippen LogP contribution in [0.15, 0.2) is 253 Å². The lowest BCUT2D eigenvalue weighted by atomic mass is 9.98. The van der Waals surface area contributed by atoms with Gasteiger partial charge in [0.15, 0.2) is 49.2 Å². The summed E-state index contributed by atoms with van der Waals surface area (Å²) in [5.41, 5.74) is 5.81. The number of carbonyl (C=O) groups is 4. The van der Waals surface area contributed by atoms with E-state index in [1.54, 1.807) is 48.6 Å². The Morgan fingerprint density at radius 3 is 1.18 bits per heavy atom. The molecule has 640 valence electrons. The maximum atomic E-state index is 13.9. The molecule has 0 heterocycles. The number of sulfone groups is 5. The lowest BCUT2D eigenvalue weighted by Gasteiger charge is -2.16. The number of benzene rings is 10. The molecule has 14 rings (SSSR count). The SMILES string of the molecule is CCc1ccc(C(=O)O)cc1S(=O)(=O)Cc1cc(C#N)ccc1C1=CC=C(Cl)C1.COc1ccc(C(=O)O)cc1S(=O)(=O)Cc1cc(C#N)ccc1C1=CC=C(Cl)C1.CS(=O)(=O)c1ccc(-c2cccc(F)c2)c(CS(=O)(=O)c2cc(C(=O)O)ccc2C2CC2)c1.O=C(O)c1ccc(C2CC2)c(S(=O)(=O)Cc2cc(C(F)(F)F)ccc2-c2cccc(F)c2)c1. The second-order valence-corrected chi connectivity index (χ2v) is 40.1. The van der Waals surface area contributed by atoms with E-state index in [-0.39, 0.29) is 92.3 Å². The molecule has 124 heavy (non-hydrogen) atoms. The molecule has 10 aromatic carbocycles. The quantitative estimate of drug-likeness (QED) is 0.0386. The lowest BCUT2D eigenvalue weighted by Crippen LogP contribution is -2.12. The predicted molar refractivity (Wildman–Crippen MR) is 454 cm³/mol. The van der Waals surface area contributed by atoms with E-state index in [0.717, 1.165) is 85.5 Å². The van der Waals surface area contributed by atoms with Gasteiger partial charge in [0.05, 0.1) is 101 Å². The minimum atomic E-state index is -4.71. The van der Waals surface area contributed by atoms with Crippen molar-refractivity contribution < 1.29 is 108 Å². The van der Waals surface area contributed by atoms with E-state index in [1.165, 1.54) is 122 Å². The Hall–Kier alpha value is -12.2. The Bertz CT molecular complexity index is 6680. The van der Waals surface area contributed by atoms with Crippen molar-refractivity contribution in [2.75, 3.05) is 13.4 Å². The number of hydrogen-bond acceptors (Lipinski definition) is 17. The van der Waals surface area contributed by atoms with E-state index in [9.17, 15) is 114 Å². The maximum Gasteiger partial charge on any atom is 0.416 e. The number of halogens is 7. The van der Waals surface area contributed by atoms with Gasteiger partial charge in [0.1, 0.15) is 22.3 Å². The number of carboxylic acids is 4. The number of nitrogens with zero attached hydrogens (tertiary/aromatic N) is 2. The molecule has 21 nitrogen and oxygen atoms in total. The second-order valence-electron chi connectivity index (χ2n) is 29.3. The number of nitriles is 2. The average Bonchev–Trinajstić information content (AvgIpc) is 1.53. The fourth-order valence-corrected chi connectivity index (χ4v) is 21.8. The molecule has 2 saturated carbocycles. The molecule has 0 bridgehead atoms. The molecule has 0 saturated heterocycles. The molecule has 0 aliphatic heterocycles. The largest absolute Gasteiger partial charge is 0.495 e. The summed E-state index contributed by atoms with van der Waals surface area (Å²) < 4.78 is 204. The summed E-state index contributed by atoms with van der Waals surface area (Å²) in [5.74, 6) is -8.19. The fraction of sp³-hybridized carbons (Fsp3) is 0.187. The summed E-state index contributed by atoms with van der Waals surface area (Å²) in [5, 5.41) is 56.9. The molecule has 0 amide bonds. The summed E-state index contributed by atoms with van der Waals surface area (Å²) in [7, 11) is -18.4. The molecule has 0 radical (unpaired) electrons. The smallest absolute Gasteiger partial charge is 0.416 e. The van der Waals surface area contributed by atoms with Gasteiger partial charge in [-0.05, 0) is 267 Å². The highest BCUT2D eigenvalue weighted by Gasteiger charge is 2.37. The van der Waals surface area contributed by atoms with Crippen LogP contribution in [0.3, 0.4) is 0 Å². The van der Waals surface area contributed by atoms with E-state index >= 15 is 0 Å². The Kier molecular flexibility index (Phi) is 28.3. The molecule has 0 unspecified atom stereocenters. The standard InChI is InChI=1S/C24H18F4O4S.C24H21FO6S2.C22H18ClNO4S.C21H16ClNO5S/c25-19-3-1-2-15(11-19)20-9-7-18(24(26,27)28)10-17(20)13-33(31,32)22-12-16(23(29)30)6-8-21(22)14-4-5-14;1-32(28,29)20-8-10-21(16-3-2-4-19(25)11-16)18(12-20)14-33(30,31)23-13-17(24(26)27)7-9-22(23)15-5-6-15;1-2-15-4-5-17(22(25)26)11-21(15)29(27,28)13-18-9-14(12-24)3-8-20(18)16-6-7-19(23)10-16;1-28-19-7-4-15(21(24)25)10-20(19)29(26,27)12-16-8-13(11-23)2-6-18(16)14-3-5-17(22)9-14/h1-3,6-12,14H,4-5,13H2,(H,29,30);2-4,7-13,15H,5-6,14H2,1H3,(H,26,27);3-9,11H,2,10,13H2,1H3,(H,25,26);2-8,10H,9,12H2,1H3,(H,24,25). The number of alkyl halides is 3. The molecule has 2 fully saturated rings. The van der Waals surface area contributed by atoms with E-state index in [1.807, 2.05) is 31.2 Å². The number of allylic oxidation sites excluding steroid dienone is 8. The maximum absolute atomic E-state index is 13.9. The first-order valence-corrected chi connectivity index (χ1v) is 46.8. The highest BCUT2D eigenvalue weighted by Crippen LogP contribution is 2.47. The van der Waals surface area contributed by atoms with Crippen molar-refractivity contribution >= 4 is 107 Å². The van der Waals surface area contributed by atoms with Crippen LogP contribution in [0, 0.1) is 34.3 Å². The number of rotatable bonds is 25. The number of methoxy groups -OCH3 is 1. The molecule has 0 atom stereocenters. The first-order chi connectivity index (χ1) is 58.4. The summed E-state index contributed by atoms with van der Waals surface area (Å²) >= 11 is 12.1. The number of hydrogen-bond donors (Lipinski definition) is 4. The third-order valence-corrected chi connectivity index (χ3v) is 28.9. The lowest BCUT2D eigenvalue weighted by molar-refractivity contribution is -0.137. The highest BCUT2D eigenvalue weighted by molar-refractivity contribution is 7.92. The van der Waals surface area contributed by atoms with Gasteiger partial charge in [-0.15, -0.1) is 0 Å². The van der Waals surface area contributed by atoms with Crippen LogP contribution in [0.4, 0.5) is 22.0 Å². The van der Waals surface area contributed by atoms with Crippen LogP contribution in [0.5, 0.6) is 5.75 Å². The van der Waals surface area contributed by atoms with Gasteiger partial charge in [0.25, 0.3) is 0 Å². The van der Waals surface area contributed by atoms with Crippen molar-refractivity contribution in [1.82, 2.24) is 0 Å². The summed E-state index contributed by atoms with van der Waals surface area (Å²) in [6, 6.07) is 47.0. The Labute approximate surface area is 721 Å². The minimum absolute atomic E-state index is 0.00442. The van der Waals surface area contributed by atoms with Crippen molar-refractivity contribution in [3.05, 3.63) is 329 Å². The second kappa shape index (κ2) is 37.9. The number of carboxylic acid groups (broad SMARTS) is 4. The van der Waals surface area contributed by atoms with Crippen molar-refractivity contribution in [2.24, 2.45) is 0 Å². The normalized spacial score (nSPS) is 13.9. The Morgan fingerprint density at radius 2 is 0.806 bits per heavy atom. The van der Waals surface area contributed by atoms with Crippen LogP contribution in [-0.4, -0.2) is 99.8 Å². The molecule has 4 aliphatic rings. The first kappa shape index (κ1) is 92.5. The Morgan fingerprint density at radius 1 is 0.435 bits per heavy atom. The van der Waals surface area contributed by atoms with E-state index in [4.69, 9.17) is 27.9 Å². The van der Waals surface area contributed by atoms with Crippen LogP contribution in [0.1, 0.15) is 165 Å². The monoisotopic (exact) mass is 1820 g/mol. The Balaban J connectivity index is 0.000000161. The average molecular weight is 1820 g/mol. The summed E-state index contributed by atoms with van der Waals surface area (Å²) in [4.78, 5) is 44.9. The van der Waals surface area contributed by atoms with Gasteiger partial charge in [-0.25, -0.2) is 70.0 Å². The zero-order valence-corrected chi connectivity index (χ0v) is 71.3. The molecule has 4 N–H and O–H groups in total. The van der Waals surface area contributed by atoms with Crippen LogP contribution >= 0.6 is 23.2 Å². The van der Waals surface area contributed by atoms with Crippen molar-refractivity contribution in [3.8, 4) is 40.1 Å². The van der Waals surface area contributed by atoms with Gasteiger partial charge in [-0.1, -0.05) is 109 Å². The molecule has 0 spiro atoms. The van der Waals surface area contributed by atoms with Crippen molar-refractivity contribution in [2.45, 2.75) is 117 Å². The van der Waals surface area contributed by atoms with Crippen LogP contribution in [0.25, 0.3) is 33.4 Å². The van der Waals surface area contributed by atoms with Crippen LogP contribution in [0.2, 0.25) is 0 Å². The van der Waals surface area contributed by atoms with Gasteiger partial charge >= 0.3 is 30.1 Å².